The lowest BCUT2D eigenvalue weighted by molar-refractivity contribution is 0.228. The van der Waals surface area contributed by atoms with Gasteiger partial charge in [0, 0.05) is 7.11 Å². The van der Waals surface area contributed by atoms with Crippen molar-refractivity contribution in [1.29, 1.82) is 0 Å². The van der Waals surface area contributed by atoms with Crippen molar-refractivity contribution in [2.24, 2.45) is 0 Å². The van der Waals surface area contributed by atoms with Gasteiger partial charge in [-0.3, -0.25) is 0 Å². The number of halogens is 3. The fraction of sp³-hybridized carbons (Fsp3) is 1.00. The molecule has 0 aliphatic heterocycles. The largest absolute Gasteiger partial charge is 0.793 e. The Kier molecular flexibility index (Phi) is 3.07. The molecule has 0 N–H and O–H groups in total. The van der Waals surface area contributed by atoms with Crippen LogP contribution in [0.4, 0.5) is 12.3 Å². The Balaban J connectivity index is 3.89. The summed E-state index contributed by atoms with van der Waals surface area (Å²) in [6, 6.07) is 0. The van der Waals surface area contributed by atoms with Crippen LogP contribution in [0.5, 0.6) is 0 Å². The van der Waals surface area contributed by atoms with Gasteiger partial charge in [0.15, 0.2) is 0 Å². The van der Waals surface area contributed by atoms with Crippen LogP contribution in [-0.4, -0.2) is 25.0 Å². The highest BCUT2D eigenvalue weighted by Gasteiger charge is 2.48. The molecule has 2 nitrogen and oxygen atoms in total. The minimum atomic E-state index is -5.88. The van der Waals surface area contributed by atoms with Crippen molar-refractivity contribution in [1.82, 2.24) is 0 Å². The van der Waals surface area contributed by atoms with Gasteiger partial charge in [0.05, 0.1) is 0 Å². The van der Waals surface area contributed by atoms with Gasteiger partial charge in [-0.1, -0.05) is 0 Å². The van der Waals surface area contributed by atoms with Crippen molar-refractivity contribution < 1.29 is 20.9 Å². The Morgan fingerprint density at radius 3 is 1.60 bits per heavy atom. The minimum absolute atomic E-state index is 1.23. The molecule has 0 unspecified atom stereocenters. The molecule has 0 fully saturated rings. The molecule has 0 atom stereocenters. The van der Waals surface area contributed by atoms with E-state index in [1.54, 1.807) is 0 Å². The lowest BCUT2D eigenvalue weighted by Crippen LogP contribution is -2.42. The van der Waals surface area contributed by atoms with E-state index < -0.39 is 17.9 Å². The molecule has 10 heavy (non-hydrogen) atoms. The van der Waals surface area contributed by atoms with Gasteiger partial charge in [-0.2, -0.15) is 0 Å². The first-order valence-corrected chi connectivity index (χ1v) is 6.95. The fourth-order valence-corrected chi connectivity index (χ4v) is 2.88. The van der Waals surface area contributed by atoms with E-state index in [9.17, 15) is 12.3 Å². The van der Waals surface area contributed by atoms with Gasteiger partial charge in [0.1, 0.15) is 0 Å². The zero-order chi connectivity index (χ0) is 8.41. The SMILES string of the molecule is CO[Si](C)(C)O[Si](F)(F)F. The van der Waals surface area contributed by atoms with E-state index in [1.165, 1.54) is 20.2 Å². The minimum Gasteiger partial charge on any atom is -0.398 e. The number of rotatable bonds is 3. The van der Waals surface area contributed by atoms with Crippen LogP contribution in [-0.2, 0) is 8.54 Å². The standard InChI is InChI=1S/C3H9F3O2Si2/c1-7-9(2,3)8-10(4,5)6/h1-3H3. The smallest absolute Gasteiger partial charge is 0.398 e. The summed E-state index contributed by atoms with van der Waals surface area (Å²) in [4.78, 5) is 0. The summed E-state index contributed by atoms with van der Waals surface area (Å²) in [5.41, 5.74) is 0. The van der Waals surface area contributed by atoms with Crippen molar-refractivity contribution in [3.63, 3.8) is 0 Å². The molecule has 62 valence electrons. The van der Waals surface area contributed by atoms with Crippen LogP contribution in [0.25, 0.3) is 0 Å². The topological polar surface area (TPSA) is 18.5 Å². The molecule has 0 saturated carbocycles. The molecule has 0 saturated heterocycles. The van der Waals surface area contributed by atoms with Crippen molar-refractivity contribution in [2.75, 3.05) is 7.11 Å². The molecule has 0 aliphatic rings. The molecule has 0 aromatic carbocycles. The maximum atomic E-state index is 11.6. The van der Waals surface area contributed by atoms with Crippen molar-refractivity contribution >= 4 is 17.9 Å². The molecule has 0 aromatic heterocycles. The molecule has 0 heterocycles. The second-order valence-electron chi connectivity index (χ2n) is 2.15. The first-order valence-electron chi connectivity index (χ1n) is 2.59. The summed E-state index contributed by atoms with van der Waals surface area (Å²) in [6.07, 6.45) is 0. The summed E-state index contributed by atoms with van der Waals surface area (Å²) in [7, 11) is -7.52. The van der Waals surface area contributed by atoms with E-state index in [1.807, 2.05) is 0 Å². The van der Waals surface area contributed by atoms with Crippen LogP contribution in [0.1, 0.15) is 0 Å². The second kappa shape index (κ2) is 3.03. The van der Waals surface area contributed by atoms with Crippen molar-refractivity contribution in [2.45, 2.75) is 13.1 Å². The number of hydrogen-bond donors (Lipinski definition) is 0. The summed E-state index contributed by atoms with van der Waals surface area (Å²) < 4.78 is 43.2. The van der Waals surface area contributed by atoms with E-state index >= 15 is 0 Å². The number of hydrogen-bond acceptors (Lipinski definition) is 2. The van der Waals surface area contributed by atoms with E-state index in [-0.39, 0.29) is 0 Å². The first kappa shape index (κ1) is 10.1. The maximum absolute atomic E-state index is 11.6. The average Bonchev–Trinajstić information content (AvgIpc) is 1.60. The van der Waals surface area contributed by atoms with Gasteiger partial charge in [-0.25, -0.2) is 12.3 Å². The van der Waals surface area contributed by atoms with Gasteiger partial charge in [-0.15, -0.1) is 0 Å². The Morgan fingerprint density at radius 1 is 1.10 bits per heavy atom. The average molecular weight is 190 g/mol. The molecule has 0 radical (unpaired) electrons. The third-order valence-corrected chi connectivity index (χ3v) is 4.73. The third kappa shape index (κ3) is 4.97. The zero-order valence-corrected chi connectivity index (χ0v) is 7.95. The van der Waals surface area contributed by atoms with Gasteiger partial charge >= 0.3 is 17.9 Å². The van der Waals surface area contributed by atoms with E-state index in [2.05, 4.69) is 8.54 Å². The lowest BCUT2D eigenvalue weighted by atomic mass is 11.8. The molecular formula is C3H9F3O2Si2. The van der Waals surface area contributed by atoms with Crippen LogP contribution >= 0.6 is 0 Å². The predicted molar refractivity (Wildman–Crippen MR) is 34.7 cm³/mol. The van der Waals surface area contributed by atoms with Crippen LogP contribution in [0.2, 0.25) is 13.1 Å². The Morgan fingerprint density at radius 2 is 1.50 bits per heavy atom. The molecule has 0 spiro atoms. The molecule has 0 amide bonds. The lowest BCUT2D eigenvalue weighted by Gasteiger charge is -2.20. The van der Waals surface area contributed by atoms with Crippen LogP contribution in [0, 0.1) is 0 Å². The monoisotopic (exact) mass is 190 g/mol. The van der Waals surface area contributed by atoms with Crippen LogP contribution < -0.4 is 0 Å². The molecule has 7 heteroatoms. The van der Waals surface area contributed by atoms with Crippen LogP contribution in [0.15, 0.2) is 0 Å². The Labute approximate surface area is 59.8 Å². The maximum Gasteiger partial charge on any atom is 0.793 e. The molecular weight excluding hydrogens is 181 g/mol. The first-order chi connectivity index (χ1) is 4.27. The highest BCUT2D eigenvalue weighted by molar-refractivity contribution is 6.73. The summed E-state index contributed by atoms with van der Waals surface area (Å²) >= 11 is 0. The zero-order valence-electron chi connectivity index (χ0n) is 5.95. The quantitative estimate of drug-likeness (QED) is 0.498. The summed E-state index contributed by atoms with van der Waals surface area (Å²) in [6.45, 7) is 2.71. The summed E-state index contributed by atoms with van der Waals surface area (Å²) in [5.74, 6) is 0. The molecule has 0 bridgehead atoms. The van der Waals surface area contributed by atoms with E-state index in [0.717, 1.165) is 0 Å². The second-order valence-corrected chi connectivity index (χ2v) is 7.07. The molecule has 0 aliphatic carbocycles. The van der Waals surface area contributed by atoms with Gasteiger partial charge in [0.25, 0.3) is 0 Å². The summed E-state index contributed by atoms with van der Waals surface area (Å²) in [5, 5.41) is 0. The highest BCUT2D eigenvalue weighted by atomic mass is 28.5. The van der Waals surface area contributed by atoms with Crippen molar-refractivity contribution in [3.8, 4) is 0 Å². The third-order valence-electron chi connectivity index (χ3n) is 0.853. The normalized spacial score (nSPS) is 13.8. The van der Waals surface area contributed by atoms with Gasteiger partial charge in [-0.05, 0) is 13.1 Å². The van der Waals surface area contributed by atoms with E-state index in [4.69, 9.17) is 0 Å². The highest BCUT2D eigenvalue weighted by Crippen LogP contribution is 2.17. The molecule has 0 aromatic rings. The van der Waals surface area contributed by atoms with Crippen molar-refractivity contribution in [3.05, 3.63) is 0 Å². The fourth-order valence-electron chi connectivity index (χ4n) is 0.320. The Bertz CT molecular complexity index is 113. The Hall–Kier alpha value is 0.144. The van der Waals surface area contributed by atoms with Gasteiger partial charge < -0.3 is 8.54 Å². The van der Waals surface area contributed by atoms with Gasteiger partial charge in [0.2, 0.25) is 0 Å². The van der Waals surface area contributed by atoms with Crippen LogP contribution in [0.3, 0.4) is 0 Å². The van der Waals surface area contributed by atoms with E-state index in [0.29, 0.717) is 0 Å². The predicted octanol–water partition coefficient (Wildman–Crippen LogP) is 1.70. The molecule has 0 rings (SSSR count).